The van der Waals surface area contributed by atoms with Crippen molar-refractivity contribution in [1.29, 1.82) is 0 Å². The predicted octanol–water partition coefficient (Wildman–Crippen LogP) is 1.66. The van der Waals surface area contributed by atoms with Gasteiger partial charge in [-0.15, -0.1) is 0 Å². The summed E-state index contributed by atoms with van der Waals surface area (Å²) in [5.74, 6) is 0.172. The van der Waals surface area contributed by atoms with Gasteiger partial charge in [0, 0.05) is 18.2 Å². The second-order valence-corrected chi connectivity index (χ2v) is 4.70. The van der Waals surface area contributed by atoms with Crippen LogP contribution in [0.1, 0.15) is 25.0 Å². The summed E-state index contributed by atoms with van der Waals surface area (Å²) < 4.78 is 5.24. The van der Waals surface area contributed by atoms with Gasteiger partial charge in [0.1, 0.15) is 11.8 Å². The maximum Gasteiger partial charge on any atom is 0.244 e. The molecule has 0 spiro atoms. The number of hydrogen-bond donors (Lipinski definition) is 2. The fourth-order valence-electron chi connectivity index (χ4n) is 1.80. The summed E-state index contributed by atoms with van der Waals surface area (Å²) in [7, 11) is 1.58. The van der Waals surface area contributed by atoms with Crippen molar-refractivity contribution >= 4 is 17.9 Å². The van der Waals surface area contributed by atoms with Crippen LogP contribution in [-0.4, -0.2) is 31.5 Å². The van der Waals surface area contributed by atoms with Gasteiger partial charge >= 0.3 is 0 Å². The van der Waals surface area contributed by atoms with Gasteiger partial charge in [-0.2, -0.15) is 0 Å². The van der Waals surface area contributed by atoms with E-state index in [0.717, 1.165) is 11.1 Å². The van der Waals surface area contributed by atoms with Crippen molar-refractivity contribution in [3.8, 4) is 5.75 Å². The molecule has 114 valence electrons. The number of aryl methyl sites for hydroxylation is 1. The minimum absolute atomic E-state index is 0.201. The smallest absolute Gasteiger partial charge is 0.244 e. The van der Waals surface area contributed by atoms with Crippen molar-refractivity contribution < 1.29 is 14.3 Å². The Balaban J connectivity index is 2.70. The van der Waals surface area contributed by atoms with E-state index < -0.39 is 6.04 Å². The second-order valence-electron chi connectivity index (χ2n) is 4.70. The Morgan fingerprint density at radius 3 is 2.71 bits per heavy atom. The first-order chi connectivity index (χ1) is 9.97. The molecule has 0 aliphatic heterocycles. The Labute approximate surface area is 125 Å². The number of benzene rings is 1. The van der Waals surface area contributed by atoms with E-state index in [-0.39, 0.29) is 11.8 Å². The molecule has 0 aliphatic carbocycles. The molecule has 5 nitrogen and oxygen atoms in total. The lowest BCUT2D eigenvalue weighted by Crippen LogP contribution is -2.44. The molecule has 0 aromatic heterocycles. The molecule has 2 N–H and O–H groups in total. The zero-order valence-corrected chi connectivity index (χ0v) is 12.9. The number of methoxy groups -OCH3 is 1. The molecule has 0 heterocycles. The molecule has 1 atom stereocenters. The van der Waals surface area contributed by atoms with Gasteiger partial charge in [0.15, 0.2) is 0 Å². The molecular formula is C16H22N2O3. The molecule has 0 saturated heterocycles. The quantitative estimate of drug-likeness (QED) is 0.783. The van der Waals surface area contributed by atoms with Gasteiger partial charge in [-0.3, -0.25) is 9.59 Å². The van der Waals surface area contributed by atoms with Crippen LogP contribution in [0.4, 0.5) is 0 Å². The SMILES string of the molecule is CCNC(=O)[C@H](C)NC(=O)/C=C/c1cc(C)ccc1OC. The summed E-state index contributed by atoms with van der Waals surface area (Å²) in [5, 5.41) is 5.26. The lowest BCUT2D eigenvalue weighted by molar-refractivity contribution is -0.126. The number of amides is 2. The minimum atomic E-state index is -0.568. The number of nitrogens with one attached hydrogen (secondary N) is 2. The third-order valence-electron chi connectivity index (χ3n) is 2.90. The fourth-order valence-corrected chi connectivity index (χ4v) is 1.80. The normalized spacial score (nSPS) is 12.0. The largest absolute Gasteiger partial charge is 0.496 e. The van der Waals surface area contributed by atoms with Crippen molar-refractivity contribution in [2.75, 3.05) is 13.7 Å². The van der Waals surface area contributed by atoms with Gasteiger partial charge < -0.3 is 15.4 Å². The van der Waals surface area contributed by atoms with Crippen molar-refractivity contribution in [3.05, 3.63) is 35.4 Å². The molecule has 0 bridgehead atoms. The number of carbonyl (C=O) groups excluding carboxylic acids is 2. The van der Waals surface area contributed by atoms with Gasteiger partial charge in [0.05, 0.1) is 7.11 Å². The van der Waals surface area contributed by atoms with Gasteiger partial charge in [-0.1, -0.05) is 11.6 Å². The summed E-state index contributed by atoms with van der Waals surface area (Å²) in [6.07, 6.45) is 3.07. The van der Waals surface area contributed by atoms with Crippen LogP contribution < -0.4 is 15.4 Å². The molecule has 2 amide bonds. The molecule has 0 saturated carbocycles. The fraction of sp³-hybridized carbons (Fsp3) is 0.375. The average molecular weight is 290 g/mol. The maximum absolute atomic E-state index is 11.8. The average Bonchev–Trinajstić information content (AvgIpc) is 2.45. The Kier molecular flexibility index (Phi) is 6.46. The topological polar surface area (TPSA) is 67.4 Å². The third kappa shape index (κ3) is 5.30. The zero-order chi connectivity index (χ0) is 15.8. The highest BCUT2D eigenvalue weighted by Crippen LogP contribution is 2.20. The van der Waals surface area contributed by atoms with Crippen LogP contribution in [0.5, 0.6) is 5.75 Å². The Morgan fingerprint density at radius 2 is 2.10 bits per heavy atom. The van der Waals surface area contributed by atoms with E-state index in [1.807, 2.05) is 32.0 Å². The van der Waals surface area contributed by atoms with Crippen LogP contribution in [0, 0.1) is 6.92 Å². The molecule has 1 aromatic carbocycles. The highest BCUT2D eigenvalue weighted by atomic mass is 16.5. The summed E-state index contributed by atoms with van der Waals surface area (Å²) in [6.45, 7) is 5.98. The zero-order valence-electron chi connectivity index (χ0n) is 12.9. The molecule has 0 aliphatic rings. The van der Waals surface area contributed by atoms with E-state index >= 15 is 0 Å². The van der Waals surface area contributed by atoms with E-state index in [2.05, 4.69) is 10.6 Å². The van der Waals surface area contributed by atoms with Crippen LogP contribution in [-0.2, 0) is 9.59 Å². The van der Waals surface area contributed by atoms with Crippen molar-refractivity contribution in [1.82, 2.24) is 10.6 Å². The van der Waals surface area contributed by atoms with Crippen molar-refractivity contribution in [2.45, 2.75) is 26.8 Å². The highest BCUT2D eigenvalue weighted by molar-refractivity contribution is 5.95. The number of hydrogen-bond acceptors (Lipinski definition) is 3. The Morgan fingerprint density at radius 1 is 1.38 bits per heavy atom. The first kappa shape index (κ1) is 16.8. The van der Waals surface area contributed by atoms with Gasteiger partial charge in [0.25, 0.3) is 0 Å². The molecule has 0 unspecified atom stereocenters. The number of rotatable bonds is 6. The number of ether oxygens (including phenoxy) is 1. The highest BCUT2D eigenvalue weighted by Gasteiger charge is 2.12. The van der Waals surface area contributed by atoms with Crippen LogP contribution in [0.15, 0.2) is 24.3 Å². The lowest BCUT2D eigenvalue weighted by Gasteiger charge is -2.11. The van der Waals surface area contributed by atoms with Gasteiger partial charge in [-0.05, 0) is 39.0 Å². The molecule has 0 fully saturated rings. The van der Waals surface area contributed by atoms with Gasteiger partial charge in [0.2, 0.25) is 11.8 Å². The standard InChI is InChI=1S/C16H22N2O3/c1-5-17-16(20)12(3)18-15(19)9-7-13-10-11(2)6-8-14(13)21-4/h6-10,12H,5H2,1-4H3,(H,17,20)(H,18,19)/b9-7+/t12-/m0/s1. The van der Waals surface area contributed by atoms with Crippen molar-refractivity contribution in [3.63, 3.8) is 0 Å². The second kappa shape index (κ2) is 8.09. The Bertz CT molecular complexity index is 538. The lowest BCUT2D eigenvalue weighted by atomic mass is 10.1. The first-order valence-electron chi connectivity index (χ1n) is 6.88. The van der Waals surface area contributed by atoms with Crippen molar-refractivity contribution in [2.24, 2.45) is 0 Å². The van der Waals surface area contributed by atoms with Crippen LogP contribution in [0.25, 0.3) is 6.08 Å². The third-order valence-corrected chi connectivity index (χ3v) is 2.90. The van der Waals surface area contributed by atoms with E-state index in [1.54, 1.807) is 20.1 Å². The summed E-state index contributed by atoms with van der Waals surface area (Å²) >= 11 is 0. The molecule has 1 rings (SSSR count). The summed E-state index contributed by atoms with van der Waals surface area (Å²) in [5.41, 5.74) is 1.89. The minimum Gasteiger partial charge on any atom is -0.496 e. The summed E-state index contributed by atoms with van der Waals surface area (Å²) in [6, 6.07) is 5.15. The van der Waals surface area contributed by atoms with Crippen LogP contribution in [0.2, 0.25) is 0 Å². The molecule has 5 heteroatoms. The molecule has 0 radical (unpaired) electrons. The van der Waals surface area contributed by atoms with E-state index in [9.17, 15) is 9.59 Å². The van der Waals surface area contributed by atoms with E-state index in [1.165, 1.54) is 6.08 Å². The summed E-state index contributed by atoms with van der Waals surface area (Å²) in [4.78, 5) is 23.3. The molecule has 21 heavy (non-hydrogen) atoms. The molecule has 1 aromatic rings. The number of likely N-dealkylation sites (N-methyl/N-ethyl adjacent to an activating group) is 1. The Hall–Kier alpha value is -2.30. The predicted molar refractivity (Wildman–Crippen MR) is 83.1 cm³/mol. The molecular weight excluding hydrogens is 268 g/mol. The van der Waals surface area contributed by atoms with E-state index in [0.29, 0.717) is 12.3 Å². The van der Waals surface area contributed by atoms with Crippen LogP contribution in [0.3, 0.4) is 0 Å². The van der Waals surface area contributed by atoms with Gasteiger partial charge in [-0.25, -0.2) is 0 Å². The van der Waals surface area contributed by atoms with Crippen LogP contribution >= 0.6 is 0 Å². The van der Waals surface area contributed by atoms with E-state index in [4.69, 9.17) is 4.74 Å². The monoisotopic (exact) mass is 290 g/mol. The maximum atomic E-state index is 11.8. The first-order valence-corrected chi connectivity index (χ1v) is 6.88. The number of carbonyl (C=O) groups is 2.